The van der Waals surface area contributed by atoms with Gasteiger partial charge in [0.1, 0.15) is 0 Å². The number of hydrogen-bond acceptors (Lipinski definition) is 3. The Morgan fingerprint density at radius 2 is 1.32 bits per heavy atom. The van der Waals surface area contributed by atoms with Crippen LogP contribution in [0.3, 0.4) is 0 Å². The second-order valence-corrected chi connectivity index (χ2v) is 6.79. The zero-order valence-corrected chi connectivity index (χ0v) is 14.1. The number of nitrogens with zero attached hydrogens (tertiary/aromatic N) is 1. The van der Waals surface area contributed by atoms with Crippen molar-refractivity contribution in [3.8, 4) is 0 Å². The molecule has 116 valence electrons. The molecule has 0 saturated heterocycles. The van der Waals surface area contributed by atoms with Crippen molar-refractivity contribution in [2.75, 3.05) is 0 Å². The molecule has 0 aromatic carbocycles. The van der Waals surface area contributed by atoms with Crippen molar-refractivity contribution < 1.29 is 10.3 Å². The van der Waals surface area contributed by atoms with E-state index in [4.69, 9.17) is 0 Å². The van der Waals surface area contributed by atoms with Gasteiger partial charge in [-0.15, -0.1) is 0 Å². The lowest BCUT2D eigenvalue weighted by Crippen LogP contribution is -2.58. The van der Waals surface area contributed by atoms with Crippen LogP contribution in [0.5, 0.6) is 0 Å². The summed E-state index contributed by atoms with van der Waals surface area (Å²) in [6.45, 7) is 14.4. The van der Waals surface area contributed by atoms with Gasteiger partial charge in [0.15, 0.2) is 0 Å². The zero-order chi connectivity index (χ0) is 15.3. The Labute approximate surface area is 120 Å². The van der Waals surface area contributed by atoms with E-state index in [2.05, 4.69) is 34.6 Å². The molecule has 0 spiro atoms. The van der Waals surface area contributed by atoms with Gasteiger partial charge in [-0.25, -0.2) is 0 Å². The van der Waals surface area contributed by atoms with Gasteiger partial charge in [0.05, 0.1) is 5.60 Å². The Kier molecular flexibility index (Phi) is 7.01. The van der Waals surface area contributed by atoms with E-state index in [-0.39, 0.29) is 11.1 Å². The van der Waals surface area contributed by atoms with Crippen LogP contribution in [0, 0.1) is 0 Å². The molecule has 19 heavy (non-hydrogen) atoms. The van der Waals surface area contributed by atoms with Crippen LogP contribution in [-0.2, 0) is 0 Å². The molecule has 0 radical (unpaired) electrons. The highest BCUT2D eigenvalue weighted by molar-refractivity contribution is 4.95. The molecule has 0 aromatic heterocycles. The van der Waals surface area contributed by atoms with Crippen molar-refractivity contribution in [3.63, 3.8) is 0 Å². The molecule has 3 atom stereocenters. The van der Waals surface area contributed by atoms with Crippen LogP contribution in [0.4, 0.5) is 0 Å². The summed E-state index contributed by atoms with van der Waals surface area (Å²) < 4.78 is 0. The molecule has 0 rings (SSSR count). The predicted molar refractivity (Wildman–Crippen MR) is 81.5 cm³/mol. The SMILES string of the molecule is CCCC(C)(CC)N(O)C(C)(CC)CC(C)(O)CC. The van der Waals surface area contributed by atoms with Crippen molar-refractivity contribution >= 4 is 0 Å². The fraction of sp³-hybridized carbons (Fsp3) is 1.00. The fourth-order valence-corrected chi connectivity index (χ4v) is 2.92. The number of aliphatic hydroxyl groups is 1. The third-order valence-electron chi connectivity index (χ3n) is 4.86. The molecule has 0 amide bonds. The lowest BCUT2D eigenvalue weighted by Gasteiger charge is -2.49. The summed E-state index contributed by atoms with van der Waals surface area (Å²) >= 11 is 0. The van der Waals surface area contributed by atoms with Crippen LogP contribution >= 0.6 is 0 Å². The first-order valence-electron chi connectivity index (χ1n) is 7.82. The molecule has 0 aliphatic carbocycles. The molecule has 0 aliphatic rings. The van der Waals surface area contributed by atoms with Gasteiger partial charge in [-0.1, -0.05) is 34.1 Å². The fourth-order valence-electron chi connectivity index (χ4n) is 2.92. The number of hydroxylamine groups is 2. The van der Waals surface area contributed by atoms with E-state index in [0.717, 1.165) is 25.7 Å². The molecule has 3 unspecified atom stereocenters. The van der Waals surface area contributed by atoms with Crippen LogP contribution in [0.1, 0.15) is 87.0 Å². The molecular weight excluding hydrogens is 238 g/mol. The quantitative estimate of drug-likeness (QED) is 0.613. The van der Waals surface area contributed by atoms with Crippen molar-refractivity contribution in [2.24, 2.45) is 0 Å². The Morgan fingerprint density at radius 1 is 0.842 bits per heavy atom. The van der Waals surface area contributed by atoms with Crippen LogP contribution in [0.2, 0.25) is 0 Å². The molecule has 2 N–H and O–H groups in total. The maximum atomic E-state index is 10.8. The lowest BCUT2D eigenvalue weighted by molar-refractivity contribution is -0.248. The summed E-state index contributed by atoms with van der Waals surface area (Å²) in [5.41, 5.74) is -1.34. The molecule has 0 heterocycles. The van der Waals surface area contributed by atoms with Gasteiger partial charge in [-0.2, -0.15) is 5.06 Å². The molecule has 0 aliphatic heterocycles. The normalized spacial score (nSPS) is 21.8. The van der Waals surface area contributed by atoms with Crippen molar-refractivity contribution in [1.82, 2.24) is 5.06 Å². The minimum Gasteiger partial charge on any atom is -0.390 e. The van der Waals surface area contributed by atoms with E-state index in [1.165, 1.54) is 5.06 Å². The standard InChI is InChI=1S/C16H35NO2/c1-8-12-14(5,9-2)17(19)15(6,10-3)13-16(7,18)11-4/h18-19H,8-13H2,1-7H3. The maximum absolute atomic E-state index is 10.8. The number of rotatable bonds is 9. The maximum Gasteiger partial charge on any atom is 0.0635 e. The lowest BCUT2D eigenvalue weighted by atomic mass is 9.79. The van der Waals surface area contributed by atoms with Crippen LogP contribution in [0.25, 0.3) is 0 Å². The third kappa shape index (κ3) is 4.73. The van der Waals surface area contributed by atoms with Crippen molar-refractivity contribution in [1.29, 1.82) is 0 Å². The highest BCUT2D eigenvalue weighted by atomic mass is 16.5. The second kappa shape index (κ2) is 7.05. The van der Waals surface area contributed by atoms with Gasteiger partial charge in [-0.05, 0) is 52.9 Å². The molecule has 0 bridgehead atoms. The number of hydrogen-bond donors (Lipinski definition) is 2. The Hall–Kier alpha value is -0.120. The molecule has 0 fully saturated rings. The van der Waals surface area contributed by atoms with Crippen molar-refractivity contribution in [3.05, 3.63) is 0 Å². The van der Waals surface area contributed by atoms with Gasteiger partial charge >= 0.3 is 0 Å². The third-order valence-corrected chi connectivity index (χ3v) is 4.86. The van der Waals surface area contributed by atoms with Crippen LogP contribution in [0.15, 0.2) is 0 Å². The van der Waals surface area contributed by atoms with Crippen LogP contribution in [-0.4, -0.2) is 32.1 Å². The van der Waals surface area contributed by atoms with Gasteiger partial charge in [-0.3, -0.25) is 0 Å². The smallest absolute Gasteiger partial charge is 0.0635 e. The topological polar surface area (TPSA) is 43.7 Å². The molecule has 3 nitrogen and oxygen atoms in total. The molecule has 3 heteroatoms. The predicted octanol–water partition coefficient (Wildman–Crippen LogP) is 4.37. The monoisotopic (exact) mass is 273 g/mol. The summed E-state index contributed by atoms with van der Waals surface area (Å²) in [5.74, 6) is 0. The first-order valence-corrected chi connectivity index (χ1v) is 7.82. The average molecular weight is 273 g/mol. The summed E-state index contributed by atoms with van der Waals surface area (Å²) in [6.07, 6.45) is 5.02. The average Bonchev–Trinajstić information content (AvgIpc) is 2.37. The first kappa shape index (κ1) is 18.9. The zero-order valence-electron chi connectivity index (χ0n) is 14.1. The summed E-state index contributed by atoms with van der Waals surface area (Å²) in [5, 5.41) is 22.7. The Bertz CT molecular complexity index is 267. The van der Waals surface area contributed by atoms with E-state index in [1.54, 1.807) is 0 Å². The van der Waals surface area contributed by atoms with Gasteiger partial charge in [0.25, 0.3) is 0 Å². The van der Waals surface area contributed by atoms with Crippen LogP contribution < -0.4 is 0 Å². The highest BCUT2D eigenvalue weighted by Crippen LogP contribution is 2.37. The van der Waals surface area contributed by atoms with Crippen molar-refractivity contribution in [2.45, 2.75) is 104 Å². The van der Waals surface area contributed by atoms with Gasteiger partial charge < -0.3 is 10.3 Å². The molecular formula is C16H35NO2. The van der Waals surface area contributed by atoms with E-state index >= 15 is 0 Å². The van der Waals surface area contributed by atoms with Gasteiger partial charge in [0, 0.05) is 11.1 Å². The minimum absolute atomic E-state index is 0.219. The summed E-state index contributed by atoms with van der Waals surface area (Å²) in [4.78, 5) is 0. The largest absolute Gasteiger partial charge is 0.390 e. The Morgan fingerprint density at radius 3 is 1.63 bits per heavy atom. The molecule has 0 aromatic rings. The summed E-state index contributed by atoms with van der Waals surface area (Å²) in [7, 11) is 0. The minimum atomic E-state index is -0.730. The molecule has 0 saturated carbocycles. The van der Waals surface area contributed by atoms with E-state index in [1.807, 2.05) is 13.8 Å². The van der Waals surface area contributed by atoms with E-state index < -0.39 is 5.60 Å². The van der Waals surface area contributed by atoms with E-state index in [0.29, 0.717) is 12.8 Å². The van der Waals surface area contributed by atoms with Gasteiger partial charge in [0.2, 0.25) is 0 Å². The second-order valence-electron chi connectivity index (χ2n) is 6.79. The first-order chi connectivity index (χ1) is 8.60. The Balaban J connectivity index is 5.20. The summed E-state index contributed by atoms with van der Waals surface area (Å²) in [6, 6.07) is 0. The van der Waals surface area contributed by atoms with E-state index in [9.17, 15) is 10.3 Å². The highest BCUT2D eigenvalue weighted by Gasteiger charge is 2.43.